The number of hydrogen-bond acceptors (Lipinski definition) is 5. The average molecular weight is 334 g/mol. The van der Waals surface area contributed by atoms with Crippen LogP contribution in [0.3, 0.4) is 0 Å². The smallest absolute Gasteiger partial charge is 0.192 e. The van der Waals surface area contributed by atoms with Crippen molar-refractivity contribution in [2.24, 2.45) is 0 Å². The third-order valence-electron chi connectivity index (χ3n) is 3.06. The summed E-state index contributed by atoms with van der Waals surface area (Å²) in [4.78, 5) is 5.51. The van der Waals surface area contributed by atoms with Gasteiger partial charge in [0.15, 0.2) is 11.4 Å². The number of thiazole rings is 1. The number of nitrogens with zero attached hydrogens (tertiary/aromatic N) is 4. The molecule has 0 radical (unpaired) electrons. The Morgan fingerprint density at radius 2 is 2.18 bits per heavy atom. The maximum atomic E-state index is 13.3. The van der Waals surface area contributed by atoms with Crippen molar-refractivity contribution in [3.05, 3.63) is 39.6 Å². The van der Waals surface area contributed by atoms with Crippen LogP contribution in [0.15, 0.2) is 18.2 Å². The van der Waals surface area contributed by atoms with E-state index in [-0.39, 0.29) is 10.7 Å². The van der Waals surface area contributed by atoms with E-state index in [9.17, 15) is 4.39 Å². The molecule has 1 aromatic carbocycles. The van der Waals surface area contributed by atoms with Gasteiger partial charge in [-0.15, -0.1) is 16.4 Å². The molecule has 0 bridgehead atoms. The second-order valence-corrected chi connectivity index (χ2v) is 5.90. The Labute approximate surface area is 134 Å². The second-order valence-electron chi connectivity index (χ2n) is 4.41. The lowest BCUT2D eigenvalue weighted by molar-refractivity contribution is 0.628. The van der Waals surface area contributed by atoms with Crippen LogP contribution in [-0.4, -0.2) is 20.4 Å². The van der Waals surface area contributed by atoms with Gasteiger partial charge in [0.05, 0.1) is 5.02 Å². The fourth-order valence-electron chi connectivity index (χ4n) is 2.00. The molecule has 0 fully saturated rings. The topological polar surface area (TPSA) is 78.2 Å². The van der Waals surface area contributed by atoms with Gasteiger partial charge in [0, 0.05) is 10.4 Å². The predicted octanol–water partition coefficient (Wildman–Crippen LogP) is 3.82. The molecule has 8 heteroatoms. The van der Waals surface area contributed by atoms with Crippen molar-refractivity contribution in [1.29, 1.82) is 5.26 Å². The van der Waals surface area contributed by atoms with Crippen LogP contribution >= 0.6 is 22.9 Å². The van der Waals surface area contributed by atoms with Crippen molar-refractivity contribution in [3.63, 3.8) is 0 Å². The number of aromatic nitrogens is 4. The molecule has 0 spiro atoms. The summed E-state index contributed by atoms with van der Waals surface area (Å²) in [7, 11) is 0. The lowest BCUT2D eigenvalue weighted by atomic mass is 10.2. The van der Waals surface area contributed by atoms with Crippen LogP contribution in [0.2, 0.25) is 5.02 Å². The highest BCUT2D eigenvalue weighted by molar-refractivity contribution is 7.15. The zero-order chi connectivity index (χ0) is 15.7. The predicted molar refractivity (Wildman–Crippen MR) is 82.0 cm³/mol. The van der Waals surface area contributed by atoms with E-state index >= 15 is 0 Å². The number of benzene rings is 1. The molecule has 0 saturated carbocycles. The van der Waals surface area contributed by atoms with Gasteiger partial charge in [0.25, 0.3) is 0 Å². The summed E-state index contributed by atoms with van der Waals surface area (Å²) >= 11 is 7.28. The van der Waals surface area contributed by atoms with Gasteiger partial charge in [-0.05, 0) is 24.6 Å². The minimum Gasteiger partial charge on any atom is -0.234 e. The van der Waals surface area contributed by atoms with Crippen molar-refractivity contribution >= 4 is 22.9 Å². The largest absolute Gasteiger partial charge is 0.234 e. The van der Waals surface area contributed by atoms with Gasteiger partial charge >= 0.3 is 0 Å². The zero-order valence-corrected chi connectivity index (χ0v) is 13.0. The highest BCUT2D eigenvalue weighted by Gasteiger charge is 2.19. The van der Waals surface area contributed by atoms with Gasteiger partial charge in [-0.1, -0.05) is 18.5 Å². The number of aryl methyl sites for hydroxylation is 1. The Bertz CT molecular complexity index is 880. The number of hydrogen-bond donors (Lipinski definition) is 1. The quantitative estimate of drug-likeness (QED) is 0.790. The van der Waals surface area contributed by atoms with Crippen molar-refractivity contribution in [3.8, 4) is 28.0 Å². The van der Waals surface area contributed by atoms with E-state index in [4.69, 9.17) is 16.9 Å². The molecule has 0 atom stereocenters. The molecule has 3 aromatic rings. The fourth-order valence-corrected chi connectivity index (χ4v) is 3.18. The first-order valence-electron chi connectivity index (χ1n) is 6.40. The number of aromatic amines is 1. The molecule has 0 unspecified atom stereocenters. The summed E-state index contributed by atoms with van der Waals surface area (Å²) in [6.07, 6.45) is 0.736. The molecule has 0 saturated heterocycles. The summed E-state index contributed by atoms with van der Waals surface area (Å²) in [5.74, 6) is -0.471. The molecule has 2 heterocycles. The molecule has 5 nitrogen and oxygen atoms in total. The van der Waals surface area contributed by atoms with Crippen LogP contribution in [0, 0.1) is 17.1 Å². The number of H-pyrrole nitrogens is 1. The maximum Gasteiger partial charge on any atom is 0.192 e. The number of nitriles is 1. The molecule has 2 aromatic heterocycles. The van der Waals surface area contributed by atoms with E-state index in [1.54, 1.807) is 6.07 Å². The lowest BCUT2D eigenvalue weighted by Gasteiger charge is -1.98. The van der Waals surface area contributed by atoms with E-state index in [1.807, 2.05) is 13.0 Å². The Morgan fingerprint density at radius 3 is 2.86 bits per heavy atom. The van der Waals surface area contributed by atoms with E-state index in [0.29, 0.717) is 16.4 Å². The first-order chi connectivity index (χ1) is 10.6. The molecule has 0 amide bonds. The summed E-state index contributed by atoms with van der Waals surface area (Å²) < 4.78 is 13.3. The highest BCUT2D eigenvalue weighted by Crippen LogP contribution is 2.35. The van der Waals surface area contributed by atoms with Gasteiger partial charge in [0.2, 0.25) is 0 Å². The van der Waals surface area contributed by atoms with Crippen LogP contribution in [0.1, 0.15) is 17.5 Å². The summed E-state index contributed by atoms with van der Waals surface area (Å²) in [5.41, 5.74) is 1.96. The van der Waals surface area contributed by atoms with Crippen molar-refractivity contribution in [2.75, 3.05) is 0 Å². The lowest BCUT2D eigenvalue weighted by Crippen LogP contribution is -1.88. The van der Waals surface area contributed by atoms with Crippen LogP contribution in [0.5, 0.6) is 0 Å². The standard InChI is InChI=1S/C14H9ClFN5S/c1-2-11-13(12-10(6-17)19-21-20-12)18-14(22-11)7-3-4-9(16)8(15)5-7/h3-5H,2H2,1H3,(H,19,20,21). The zero-order valence-electron chi connectivity index (χ0n) is 11.4. The Morgan fingerprint density at radius 1 is 1.36 bits per heavy atom. The van der Waals surface area contributed by atoms with E-state index in [1.165, 1.54) is 23.5 Å². The second kappa shape index (κ2) is 5.83. The molecular formula is C14H9ClFN5S. The third-order valence-corrected chi connectivity index (χ3v) is 4.60. The van der Waals surface area contributed by atoms with E-state index < -0.39 is 5.82 Å². The van der Waals surface area contributed by atoms with E-state index in [2.05, 4.69) is 20.4 Å². The minimum absolute atomic E-state index is 0.0476. The molecule has 22 heavy (non-hydrogen) atoms. The summed E-state index contributed by atoms with van der Waals surface area (Å²) in [6, 6.07) is 6.44. The fraction of sp³-hybridized carbons (Fsp3) is 0.143. The van der Waals surface area contributed by atoms with Crippen LogP contribution in [-0.2, 0) is 6.42 Å². The Hall–Kier alpha value is -2.30. The summed E-state index contributed by atoms with van der Waals surface area (Å²) in [5, 5.41) is 20.0. The van der Waals surface area contributed by atoms with Crippen molar-refractivity contribution < 1.29 is 4.39 Å². The van der Waals surface area contributed by atoms with Crippen molar-refractivity contribution in [1.82, 2.24) is 20.4 Å². The molecule has 0 aliphatic carbocycles. The molecule has 3 rings (SSSR count). The van der Waals surface area contributed by atoms with Gasteiger partial charge in [0.1, 0.15) is 22.6 Å². The molecule has 0 aliphatic rings. The minimum atomic E-state index is -0.471. The third kappa shape index (κ3) is 2.47. The SMILES string of the molecule is CCc1sc(-c2ccc(F)c(Cl)c2)nc1-c1n[nH]nc1C#N. The monoisotopic (exact) mass is 333 g/mol. The Kier molecular flexibility index (Phi) is 3.88. The van der Waals surface area contributed by atoms with Crippen LogP contribution in [0.25, 0.3) is 22.0 Å². The average Bonchev–Trinajstić information content (AvgIpc) is 3.15. The number of rotatable bonds is 3. The Balaban J connectivity index is 2.13. The maximum absolute atomic E-state index is 13.3. The van der Waals surface area contributed by atoms with Gasteiger partial charge < -0.3 is 0 Å². The van der Waals surface area contributed by atoms with E-state index in [0.717, 1.165) is 16.9 Å². The van der Waals surface area contributed by atoms with Crippen LogP contribution < -0.4 is 0 Å². The first kappa shape index (κ1) is 14.6. The first-order valence-corrected chi connectivity index (χ1v) is 7.59. The molecule has 1 N–H and O–H groups in total. The molecular weight excluding hydrogens is 325 g/mol. The van der Waals surface area contributed by atoms with Crippen LogP contribution in [0.4, 0.5) is 4.39 Å². The molecule has 0 aliphatic heterocycles. The number of halogens is 2. The summed E-state index contributed by atoms with van der Waals surface area (Å²) in [6.45, 7) is 1.99. The normalized spacial score (nSPS) is 10.6. The molecule has 110 valence electrons. The van der Waals surface area contributed by atoms with Gasteiger partial charge in [-0.3, -0.25) is 0 Å². The highest BCUT2D eigenvalue weighted by atomic mass is 35.5. The van der Waals surface area contributed by atoms with Gasteiger partial charge in [-0.2, -0.15) is 15.6 Å². The van der Waals surface area contributed by atoms with Crippen molar-refractivity contribution in [2.45, 2.75) is 13.3 Å². The number of nitrogens with one attached hydrogen (secondary N) is 1. The van der Waals surface area contributed by atoms with Gasteiger partial charge in [-0.25, -0.2) is 9.37 Å².